The van der Waals surface area contributed by atoms with Gasteiger partial charge < -0.3 is 15.8 Å². The minimum absolute atomic E-state index is 0.0761. The highest BCUT2D eigenvalue weighted by atomic mass is 19.1. The number of rotatable bonds is 4. The highest BCUT2D eigenvalue weighted by Gasteiger charge is 2.23. The van der Waals surface area contributed by atoms with Crippen LogP contribution in [0.5, 0.6) is 0 Å². The lowest BCUT2D eigenvalue weighted by atomic mass is 9.93. The molecule has 4 heteroatoms. The van der Waals surface area contributed by atoms with Crippen LogP contribution < -0.4 is 11.1 Å². The SMILES string of the molecule is NCC(Nc1ccccc1F)C1CCCOC1. The molecule has 0 spiro atoms. The molecule has 1 heterocycles. The van der Waals surface area contributed by atoms with Gasteiger partial charge in [0.2, 0.25) is 0 Å². The van der Waals surface area contributed by atoms with Gasteiger partial charge in [-0.05, 0) is 25.0 Å². The van der Waals surface area contributed by atoms with E-state index < -0.39 is 0 Å². The molecule has 1 aromatic rings. The highest BCUT2D eigenvalue weighted by Crippen LogP contribution is 2.21. The van der Waals surface area contributed by atoms with E-state index in [0.717, 1.165) is 19.4 Å². The van der Waals surface area contributed by atoms with E-state index in [1.807, 2.05) is 6.07 Å². The number of halogens is 1. The number of hydrogen-bond donors (Lipinski definition) is 2. The molecule has 2 unspecified atom stereocenters. The van der Waals surface area contributed by atoms with Crippen LogP contribution in [-0.2, 0) is 4.74 Å². The maximum Gasteiger partial charge on any atom is 0.146 e. The van der Waals surface area contributed by atoms with Crippen molar-refractivity contribution in [2.75, 3.05) is 25.1 Å². The van der Waals surface area contributed by atoms with Gasteiger partial charge in [0.15, 0.2) is 0 Å². The fraction of sp³-hybridized carbons (Fsp3) is 0.538. The molecule has 0 amide bonds. The second-order valence-electron chi connectivity index (χ2n) is 4.44. The summed E-state index contributed by atoms with van der Waals surface area (Å²) in [6.07, 6.45) is 2.14. The molecule has 94 valence electrons. The van der Waals surface area contributed by atoms with Crippen molar-refractivity contribution < 1.29 is 9.13 Å². The van der Waals surface area contributed by atoms with E-state index in [2.05, 4.69) is 5.32 Å². The molecular formula is C13H19FN2O. The quantitative estimate of drug-likeness (QED) is 0.843. The molecule has 17 heavy (non-hydrogen) atoms. The summed E-state index contributed by atoms with van der Waals surface area (Å²) in [6, 6.07) is 6.76. The van der Waals surface area contributed by atoms with Gasteiger partial charge in [-0.2, -0.15) is 0 Å². The van der Waals surface area contributed by atoms with Crippen LogP contribution in [-0.4, -0.2) is 25.8 Å². The summed E-state index contributed by atoms with van der Waals surface area (Å²) < 4.78 is 19.0. The van der Waals surface area contributed by atoms with Crippen LogP contribution in [0, 0.1) is 11.7 Å². The Morgan fingerprint density at radius 1 is 1.47 bits per heavy atom. The van der Waals surface area contributed by atoms with Crippen molar-refractivity contribution >= 4 is 5.69 Å². The van der Waals surface area contributed by atoms with Gasteiger partial charge in [0, 0.05) is 25.1 Å². The third-order valence-corrected chi connectivity index (χ3v) is 3.23. The van der Waals surface area contributed by atoms with E-state index in [0.29, 0.717) is 24.8 Å². The summed E-state index contributed by atoms with van der Waals surface area (Å²) in [5, 5.41) is 3.19. The largest absolute Gasteiger partial charge is 0.381 e. The topological polar surface area (TPSA) is 47.3 Å². The van der Waals surface area contributed by atoms with Crippen LogP contribution in [0.2, 0.25) is 0 Å². The first-order valence-electron chi connectivity index (χ1n) is 6.10. The summed E-state index contributed by atoms with van der Waals surface area (Å²) in [4.78, 5) is 0. The van der Waals surface area contributed by atoms with Gasteiger partial charge >= 0.3 is 0 Å². The first-order chi connectivity index (χ1) is 8.31. The minimum atomic E-state index is -0.234. The van der Waals surface area contributed by atoms with Gasteiger partial charge in [-0.1, -0.05) is 12.1 Å². The molecule has 0 bridgehead atoms. The molecule has 1 aromatic carbocycles. The van der Waals surface area contributed by atoms with E-state index >= 15 is 0 Å². The van der Waals surface area contributed by atoms with Crippen molar-refractivity contribution in [1.82, 2.24) is 0 Å². The van der Waals surface area contributed by atoms with Crippen molar-refractivity contribution in [2.24, 2.45) is 11.7 Å². The van der Waals surface area contributed by atoms with Gasteiger partial charge in [-0.3, -0.25) is 0 Å². The molecule has 1 aliphatic rings. The minimum Gasteiger partial charge on any atom is -0.381 e. The van der Waals surface area contributed by atoms with Crippen molar-refractivity contribution in [1.29, 1.82) is 0 Å². The van der Waals surface area contributed by atoms with Gasteiger partial charge in [0.05, 0.1) is 12.3 Å². The van der Waals surface area contributed by atoms with Crippen molar-refractivity contribution in [3.8, 4) is 0 Å². The van der Waals surface area contributed by atoms with Crippen molar-refractivity contribution in [3.63, 3.8) is 0 Å². The Bertz CT molecular complexity index is 353. The highest BCUT2D eigenvalue weighted by molar-refractivity contribution is 5.45. The summed E-state index contributed by atoms with van der Waals surface area (Å²) in [7, 11) is 0. The smallest absolute Gasteiger partial charge is 0.146 e. The molecule has 3 nitrogen and oxygen atoms in total. The van der Waals surface area contributed by atoms with E-state index in [9.17, 15) is 4.39 Å². The van der Waals surface area contributed by atoms with Crippen LogP contribution in [0.3, 0.4) is 0 Å². The third-order valence-electron chi connectivity index (χ3n) is 3.23. The summed E-state index contributed by atoms with van der Waals surface area (Å²) >= 11 is 0. The van der Waals surface area contributed by atoms with Gasteiger partial charge in [0.25, 0.3) is 0 Å². The average Bonchev–Trinajstić information content (AvgIpc) is 2.39. The Hall–Kier alpha value is -1.13. The fourth-order valence-electron chi connectivity index (χ4n) is 2.23. The molecule has 3 N–H and O–H groups in total. The van der Waals surface area contributed by atoms with E-state index in [4.69, 9.17) is 10.5 Å². The Kier molecular flexibility index (Phi) is 4.34. The first-order valence-corrected chi connectivity index (χ1v) is 6.10. The van der Waals surface area contributed by atoms with Crippen LogP contribution >= 0.6 is 0 Å². The molecular weight excluding hydrogens is 219 g/mol. The zero-order valence-corrected chi connectivity index (χ0v) is 9.86. The molecule has 1 saturated heterocycles. The van der Waals surface area contributed by atoms with Crippen molar-refractivity contribution in [3.05, 3.63) is 30.1 Å². The number of hydrogen-bond acceptors (Lipinski definition) is 3. The maximum atomic E-state index is 13.5. The summed E-state index contributed by atoms with van der Waals surface area (Å²) in [5.41, 5.74) is 6.28. The Balaban J connectivity index is 2.01. The summed E-state index contributed by atoms with van der Waals surface area (Å²) in [6.45, 7) is 2.03. The Morgan fingerprint density at radius 2 is 2.29 bits per heavy atom. The molecule has 1 aliphatic heterocycles. The average molecular weight is 238 g/mol. The molecule has 2 rings (SSSR count). The van der Waals surface area contributed by atoms with E-state index in [1.165, 1.54) is 6.07 Å². The number of anilines is 1. The predicted molar refractivity (Wildman–Crippen MR) is 66.4 cm³/mol. The van der Waals surface area contributed by atoms with Crippen LogP contribution in [0.1, 0.15) is 12.8 Å². The van der Waals surface area contributed by atoms with Crippen LogP contribution in [0.15, 0.2) is 24.3 Å². The number of para-hydroxylation sites is 1. The van der Waals surface area contributed by atoms with Gasteiger partial charge in [-0.25, -0.2) is 4.39 Å². The lowest BCUT2D eigenvalue weighted by Crippen LogP contribution is -2.40. The predicted octanol–water partition coefficient (Wildman–Crippen LogP) is 1.99. The molecule has 0 aromatic heterocycles. The Labute approximate surface area is 101 Å². The Morgan fingerprint density at radius 3 is 2.94 bits per heavy atom. The molecule has 0 radical (unpaired) electrons. The standard InChI is InChI=1S/C13H19FN2O/c14-11-5-1-2-6-12(11)16-13(8-15)10-4-3-7-17-9-10/h1-2,5-6,10,13,16H,3-4,7-9,15H2. The van der Waals surface area contributed by atoms with Crippen LogP contribution in [0.25, 0.3) is 0 Å². The molecule has 0 saturated carbocycles. The molecule has 1 fully saturated rings. The van der Waals surface area contributed by atoms with Gasteiger partial charge in [0.1, 0.15) is 5.82 Å². The number of nitrogens with one attached hydrogen (secondary N) is 1. The van der Waals surface area contributed by atoms with Crippen molar-refractivity contribution in [2.45, 2.75) is 18.9 Å². The third kappa shape index (κ3) is 3.17. The second-order valence-corrected chi connectivity index (χ2v) is 4.44. The molecule has 2 atom stereocenters. The maximum absolute atomic E-state index is 13.5. The van der Waals surface area contributed by atoms with E-state index in [-0.39, 0.29) is 11.9 Å². The first kappa shape index (κ1) is 12.3. The lowest BCUT2D eigenvalue weighted by molar-refractivity contribution is 0.0485. The number of benzene rings is 1. The fourth-order valence-corrected chi connectivity index (χ4v) is 2.23. The normalized spacial score (nSPS) is 22.1. The zero-order valence-electron chi connectivity index (χ0n) is 9.86. The van der Waals surface area contributed by atoms with E-state index in [1.54, 1.807) is 12.1 Å². The molecule has 0 aliphatic carbocycles. The monoisotopic (exact) mass is 238 g/mol. The number of ether oxygens (including phenoxy) is 1. The van der Waals surface area contributed by atoms with Crippen LogP contribution in [0.4, 0.5) is 10.1 Å². The summed E-state index contributed by atoms with van der Waals surface area (Å²) in [5.74, 6) is 0.135. The number of nitrogens with two attached hydrogens (primary N) is 1. The zero-order chi connectivity index (χ0) is 12.1. The van der Waals surface area contributed by atoms with Gasteiger partial charge in [-0.15, -0.1) is 0 Å². The second kappa shape index (κ2) is 5.98. The lowest BCUT2D eigenvalue weighted by Gasteiger charge is -2.30.